The predicted molar refractivity (Wildman–Crippen MR) is 107 cm³/mol. The van der Waals surface area contributed by atoms with E-state index >= 15 is 0 Å². The average Bonchev–Trinajstić information content (AvgIpc) is 3.06. The van der Waals surface area contributed by atoms with Gasteiger partial charge in [0.15, 0.2) is 4.77 Å². The van der Waals surface area contributed by atoms with Gasteiger partial charge in [-0.25, -0.2) is 4.98 Å². The number of hydrogen-bond acceptors (Lipinski definition) is 3. The number of fused-ring (bicyclic) bond motifs is 1. The minimum absolute atomic E-state index is 0.329. The summed E-state index contributed by atoms with van der Waals surface area (Å²) >= 11 is 7.36. The SMILES string of the molecule is CC(C)c1nc(-c2cccc3c2[nH]c(=S)n3C(C)C)sc1C(C)C. The van der Waals surface area contributed by atoms with Crippen LogP contribution < -0.4 is 0 Å². The van der Waals surface area contributed by atoms with Crippen molar-refractivity contribution in [2.75, 3.05) is 0 Å². The van der Waals surface area contributed by atoms with Crippen LogP contribution in [0.4, 0.5) is 0 Å². The number of H-pyrrole nitrogens is 1. The van der Waals surface area contributed by atoms with Gasteiger partial charge >= 0.3 is 0 Å². The Morgan fingerprint density at radius 1 is 1.08 bits per heavy atom. The van der Waals surface area contributed by atoms with Gasteiger partial charge in [-0.3, -0.25) is 0 Å². The van der Waals surface area contributed by atoms with Crippen molar-refractivity contribution in [3.05, 3.63) is 33.5 Å². The lowest BCUT2D eigenvalue weighted by molar-refractivity contribution is 0.610. The molecule has 0 aliphatic carbocycles. The summed E-state index contributed by atoms with van der Waals surface area (Å²) in [4.78, 5) is 9.79. The van der Waals surface area contributed by atoms with Crippen molar-refractivity contribution < 1.29 is 0 Å². The summed E-state index contributed by atoms with van der Waals surface area (Å²) in [7, 11) is 0. The van der Waals surface area contributed by atoms with E-state index in [-0.39, 0.29) is 0 Å². The van der Waals surface area contributed by atoms with Gasteiger partial charge in [0, 0.05) is 16.5 Å². The highest BCUT2D eigenvalue weighted by Gasteiger charge is 2.20. The van der Waals surface area contributed by atoms with E-state index in [2.05, 4.69) is 69.3 Å². The van der Waals surface area contributed by atoms with Gasteiger partial charge in [-0.1, -0.05) is 33.8 Å². The van der Waals surface area contributed by atoms with Gasteiger partial charge in [-0.05, 0) is 50.0 Å². The molecule has 0 radical (unpaired) electrons. The molecular formula is C19H25N3S2. The predicted octanol–water partition coefficient (Wildman–Crippen LogP) is 6.65. The monoisotopic (exact) mass is 359 g/mol. The minimum Gasteiger partial charge on any atom is -0.330 e. The Morgan fingerprint density at radius 2 is 1.79 bits per heavy atom. The zero-order valence-electron chi connectivity index (χ0n) is 15.2. The summed E-state index contributed by atoms with van der Waals surface area (Å²) in [6.07, 6.45) is 0. The summed E-state index contributed by atoms with van der Waals surface area (Å²) in [6, 6.07) is 6.71. The Balaban J connectivity index is 2.26. The molecule has 3 rings (SSSR count). The van der Waals surface area contributed by atoms with E-state index in [1.54, 1.807) is 0 Å². The van der Waals surface area contributed by atoms with Crippen molar-refractivity contribution in [3.63, 3.8) is 0 Å². The lowest BCUT2D eigenvalue weighted by atomic mass is 10.0. The summed E-state index contributed by atoms with van der Waals surface area (Å²) in [5.41, 5.74) is 4.62. The molecule has 0 unspecified atom stereocenters. The lowest BCUT2D eigenvalue weighted by Crippen LogP contribution is -1.99. The van der Waals surface area contributed by atoms with Crippen molar-refractivity contribution in [1.29, 1.82) is 0 Å². The lowest BCUT2D eigenvalue weighted by Gasteiger charge is -2.08. The number of para-hydroxylation sites is 1. The van der Waals surface area contributed by atoms with E-state index in [9.17, 15) is 0 Å². The first kappa shape index (κ1) is 17.4. The van der Waals surface area contributed by atoms with E-state index in [0.717, 1.165) is 26.4 Å². The number of aromatic nitrogens is 3. The zero-order chi connectivity index (χ0) is 17.6. The second-order valence-corrected chi connectivity index (χ2v) is 8.59. The maximum Gasteiger partial charge on any atom is 0.178 e. The molecule has 1 aromatic carbocycles. The Labute approximate surface area is 152 Å². The van der Waals surface area contributed by atoms with Crippen LogP contribution in [-0.2, 0) is 0 Å². The first-order valence-corrected chi connectivity index (χ1v) is 9.78. The number of nitrogens with one attached hydrogen (secondary N) is 1. The molecule has 3 aromatic rings. The summed E-state index contributed by atoms with van der Waals surface area (Å²) in [6.45, 7) is 13.2. The highest BCUT2D eigenvalue weighted by Crippen LogP contribution is 2.38. The van der Waals surface area contributed by atoms with Gasteiger partial charge < -0.3 is 9.55 Å². The molecule has 3 nitrogen and oxygen atoms in total. The number of aromatic amines is 1. The average molecular weight is 360 g/mol. The van der Waals surface area contributed by atoms with E-state index in [4.69, 9.17) is 17.2 Å². The molecule has 0 saturated heterocycles. The molecule has 0 saturated carbocycles. The molecule has 0 bridgehead atoms. The van der Waals surface area contributed by atoms with E-state index in [1.807, 2.05) is 11.3 Å². The van der Waals surface area contributed by atoms with E-state index in [0.29, 0.717) is 17.9 Å². The zero-order valence-corrected chi connectivity index (χ0v) is 16.8. The van der Waals surface area contributed by atoms with Crippen LogP contribution in [0.3, 0.4) is 0 Å². The quantitative estimate of drug-likeness (QED) is 0.529. The summed E-state index contributed by atoms with van der Waals surface area (Å²) in [5.74, 6) is 0.928. The molecule has 5 heteroatoms. The van der Waals surface area contributed by atoms with Crippen molar-refractivity contribution in [3.8, 4) is 10.6 Å². The van der Waals surface area contributed by atoms with Crippen LogP contribution in [0.25, 0.3) is 21.6 Å². The van der Waals surface area contributed by atoms with Crippen molar-refractivity contribution in [2.24, 2.45) is 0 Å². The number of nitrogens with zero attached hydrogens (tertiary/aromatic N) is 2. The van der Waals surface area contributed by atoms with Crippen molar-refractivity contribution in [2.45, 2.75) is 59.4 Å². The van der Waals surface area contributed by atoms with Gasteiger partial charge in [0.25, 0.3) is 0 Å². The molecule has 2 aromatic heterocycles. The first-order chi connectivity index (χ1) is 11.3. The number of imidazole rings is 1. The molecular weight excluding hydrogens is 334 g/mol. The fourth-order valence-electron chi connectivity index (χ4n) is 3.13. The Bertz CT molecular complexity index is 900. The van der Waals surface area contributed by atoms with Crippen molar-refractivity contribution >= 4 is 34.6 Å². The third-order valence-corrected chi connectivity index (χ3v) is 5.96. The largest absolute Gasteiger partial charge is 0.330 e. The normalized spacial score (nSPS) is 12.2. The van der Waals surface area contributed by atoms with Crippen LogP contribution in [-0.4, -0.2) is 14.5 Å². The van der Waals surface area contributed by atoms with Gasteiger partial charge in [-0.2, -0.15) is 0 Å². The standard InChI is InChI=1S/C19H25N3S2/c1-10(2)15-17(11(3)4)24-18(20-15)13-8-7-9-14-16(13)21-19(23)22(14)12(5)6/h7-12H,1-6H3,(H,21,23). The van der Waals surface area contributed by atoms with Gasteiger partial charge in [0.05, 0.1) is 16.7 Å². The fraction of sp³-hybridized carbons (Fsp3) is 0.474. The number of rotatable bonds is 4. The van der Waals surface area contributed by atoms with Gasteiger partial charge in [0.1, 0.15) is 5.01 Å². The molecule has 0 fully saturated rings. The minimum atomic E-state index is 0.329. The molecule has 128 valence electrons. The number of hydrogen-bond donors (Lipinski definition) is 1. The van der Waals surface area contributed by atoms with Crippen LogP contribution in [0.5, 0.6) is 0 Å². The van der Waals surface area contributed by atoms with E-state index in [1.165, 1.54) is 10.6 Å². The van der Waals surface area contributed by atoms with Crippen LogP contribution in [0.1, 0.15) is 70.0 Å². The third kappa shape index (κ3) is 2.84. The number of thiazole rings is 1. The van der Waals surface area contributed by atoms with Crippen molar-refractivity contribution in [1.82, 2.24) is 14.5 Å². The first-order valence-electron chi connectivity index (χ1n) is 8.55. The second-order valence-electron chi connectivity index (χ2n) is 7.17. The topological polar surface area (TPSA) is 33.6 Å². The molecule has 1 N–H and O–H groups in total. The highest BCUT2D eigenvalue weighted by molar-refractivity contribution is 7.71. The maximum absolute atomic E-state index is 5.54. The Hall–Kier alpha value is -1.46. The molecule has 0 aliphatic heterocycles. The molecule has 2 heterocycles. The molecule has 0 atom stereocenters. The van der Waals surface area contributed by atoms with Gasteiger partial charge in [-0.15, -0.1) is 11.3 Å². The van der Waals surface area contributed by atoms with Crippen LogP contribution in [0, 0.1) is 4.77 Å². The van der Waals surface area contributed by atoms with Crippen LogP contribution in [0.2, 0.25) is 0 Å². The Kier molecular flexibility index (Phi) is 4.67. The summed E-state index contributed by atoms with van der Waals surface area (Å²) in [5, 5.41) is 1.08. The van der Waals surface area contributed by atoms with E-state index < -0.39 is 0 Å². The maximum atomic E-state index is 5.54. The fourth-order valence-corrected chi connectivity index (χ4v) is 4.79. The smallest absolute Gasteiger partial charge is 0.178 e. The highest BCUT2D eigenvalue weighted by atomic mass is 32.1. The molecule has 0 amide bonds. The summed E-state index contributed by atoms with van der Waals surface area (Å²) < 4.78 is 2.95. The third-order valence-electron chi connectivity index (χ3n) is 4.25. The van der Waals surface area contributed by atoms with Crippen LogP contribution >= 0.6 is 23.6 Å². The second kappa shape index (κ2) is 6.45. The molecule has 24 heavy (non-hydrogen) atoms. The van der Waals surface area contributed by atoms with Crippen LogP contribution in [0.15, 0.2) is 18.2 Å². The number of benzene rings is 1. The molecule has 0 spiro atoms. The molecule has 0 aliphatic rings. The van der Waals surface area contributed by atoms with Gasteiger partial charge in [0.2, 0.25) is 0 Å². The Morgan fingerprint density at radius 3 is 2.33 bits per heavy atom.